The summed E-state index contributed by atoms with van der Waals surface area (Å²) < 4.78 is 5.11. The van der Waals surface area contributed by atoms with E-state index in [-0.39, 0.29) is 11.8 Å². The Morgan fingerprint density at radius 2 is 1.88 bits per heavy atom. The fourth-order valence-corrected chi connectivity index (χ4v) is 3.37. The Bertz CT molecular complexity index is 791. The molecule has 0 bridgehead atoms. The Morgan fingerprint density at radius 3 is 2.50 bits per heavy atom. The van der Waals surface area contributed by atoms with Crippen LogP contribution in [0.25, 0.3) is 0 Å². The summed E-state index contributed by atoms with van der Waals surface area (Å²) >= 11 is 0. The molecule has 0 radical (unpaired) electrons. The maximum absolute atomic E-state index is 12.9. The maximum atomic E-state index is 12.9. The van der Waals surface area contributed by atoms with E-state index in [1.807, 2.05) is 25.1 Å². The number of aromatic nitrogens is 1. The van der Waals surface area contributed by atoms with Crippen molar-refractivity contribution in [3.8, 4) is 0 Å². The Morgan fingerprint density at radius 1 is 1.19 bits per heavy atom. The predicted molar refractivity (Wildman–Crippen MR) is 100 cm³/mol. The Hall–Kier alpha value is -2.40. The quantitative estimate of drug-likeness (QED) is 0.580. The van der Waals surface area contributed by atoms with E-state index in [1.165, 1.54) is 5.56 Å². The van der Waals surface area contributed by atoms with Gasteiger partial charge in [-0.1, -0.05) is 30.3 Å². The van der Waals surface area contributed by atoms with Crippen molar-refractivity contribution in [1.82, 2.24) is 9.88 Å². The molecule has 5 heteroatoms. The molecule has 0 saturated heterocycles. The zero-order valence-electron chi connectivity index (χ0n) is 15.7. The second-order valence-electron chi connectivity index (χ2n) is 6.89. The zero-order valence-corrected chi connectivity index (χ0v) is 15.7. The van der Waals surface area contributed by atoms with E-state index in [0.717, 1.165) is 19.4 Å². The van der Waals surface area contributed by atoms with Crippen LogP contribution in [0, 0.1) is 13.8 Å². The molecule has 0 aliphatic heterocycles. The van der Waals surface area contributed by atoms with Gasteiger partial charge >= 0.3 is 5.97 Å². The van der Waals surface area contributed by atoms with Crippen LogP contribution in [0.15, 0.2) is 30.3 Å². The van der Waals surface area contributed by atoms with Crippen LogP contribution in [0.4, 0.5) is 0 Å². The minimum Gasteiger partial charge on any atom is -0.462 e. The topological polar surface area (TPSA) is 62.4 Å². The average Bonchev–Trinajstić information content (AvgIpc) is 3.41. The maximum Gasteiger partial charge on any atom is 0.340 e. The first-order valence-electron chi connectivity index (χ1n) is 9.18. The first-order chi connectivity index (χ1) is 12.5. The van der Waals surface area contributed by atoms with Crippen molar-refractivity contribution < 1.29 is 14.3 Å². The molecule has 2 aromatic rings. The minimum atomic E-state index is -0.374. The molecule has 5 nitrogen and oxygen atoms in total. The largest absolute Gasteiger partial charge is 0.462 e. The number of rotatable bonds is 8. The van der Waals surface area contributed by atoms with Crippen molar-refractivity contribution in [3.05, 3.63) is 58.4 Å². The summed E-state index contributed by atoms with van der Waals surface area (Å²) in [4.78, 5) is 30.4. The van der Waals surface area contributed by atoms with Crippen LogP contribution in [0.1, 0.15) is 57.4 Å². The molecule has 1 fully saturated rings. The molecule has 1 saturated carbocycles. The number of carbonyl (C=O) groups is 2. The van der Waals surface area contributed by atoms with Crippen LogP contribution < -0.4 is 0 Å². The molecule has 26 heavy (non-hydrogen) atoms. The van der Waals surface area contributed by atoms with Crippen molar-refractivity contribution >= 4 is 11.8 Å². The zero-order chi connectivity index (χ0) is 18.7. The fourth-order valence-electron chi connectivity index (χ4n) is 3.37. The van der Waals surface area contributed by atoms with Gasteiger partial charge in [0, 0.05) is 18.3 Å². The molecule has 0 atom stereocenters. The van der Waals surface area contributed by atoms with Gasteiger partial charge in [-0.15, -0.1) is 0 Å². The number of ether oxygens (including phenoxy) is 1. The molecule has 1 aromatic heterocycles. The Kier molecular flexibility index (Phi) is 5.57. The molecular weight excluding hydrogens is 328 g/mol. The van der Waals surface area contributed by atoms with Crippen molar-refractivity contribution in [3.63, 3.8) is 0 Å². The van der Waals surface area contributed by atoms with Gasteiger partial charge in [0.2, 0.25) is 0 Å². The van der Waals surface area contributed by atoms with E-state index < -0.39 is 0 Å². The molecular formula is C21H26N2O3. The van der Waals surface area contributed by atoms with Crippen LogP contribution >= 0.6 is 0 Å². The number of esters is 1. The predicted octanol–water partition coefficient (Wildman–Crippen LogP) is 3.66. The number of nitrogens with one attached hydrogen (secondary N) is 1. The van der Waals surface area contributed by atoms with E-state index >= 15 is 0 Å². The lowest BCUT2D eigenvalue weighted by molar-refractivity contribution is 0.0525. The minimum absolute atomic E-state index is 0.0176. The van der Waals surface area contributed by atoms with Crippen molar-refractivity contribution in [1.29, 1.82) is 0 Å². The summed E-state index contributed by atoms with van der Waals surface area (Å²) in [6.45, 7) is 6.82. The standard InChI is InChI=1S/C21H26N2O3/c1-4-26-21(25)19-14(2)20(22-15(19)3)18(24)13-23(17-10-11-17)12-16-8-6-5-7-9-16/h5-9,17,22H,4,10-13H2,1-3H3. The number of benzene rings is 1. The highest BCUT2D eigenvalue weighted by Crippen LogP contribution is 2.29. The van der Waals surface area contributed by atoms with Gasteiger partial charge in [-0.3, -0.25) is 9.69 Å². The highest BCUT2D eigenvalue weighted by atomic mass is 16.5. The van der Waals surface area contributed by atoms with Gasteiger partial charge in [-0.2, -0.15) is 0 Å². The Labute approximate surface area is 154 Å². The molecule has 1 heterocycles. The molecule has 0 unspecified atom stereocenters. The number of aromatic amines is 1. The van der Waals surface area contributed by atoms with Crippen LogP contribution in [0.2, 0.25) is 0 Å². The second-order valence-corrected chi connectivity index (χ2v) is 6.89. The van der Waals surface area contributed by atoms with Gasteiger partial charge in [-0.25, -0.2) is 4.79 Å². The first-order valence-corrected chi connectivity index (χ1v) is 9.18. The molecule has 1 aliphatic rings. The van der Waals surface area contributed by atoms with Gasteiger partial charge < -0.3 is 9.72 Å². The van der Waals surface area contributed by atoms with E-state index in [0.29, 0.717) is 41.7 Å². The fraction of sp³-hybridized carbons (Fsp3) is 0.429. The third-order valence-corrected chi connectivity index (χ3v) is 4.83. The van der Waals surface area contributed by atoms with Crippen molar-refractivity contribution in [2.45, 2.75) is 46.2 Å². The van der Waals surface area contributed by atoms with Crippen LogP contribution in [0.3, 0.4) is 0 Å². The molecule has 3 rings (SSSR count). The number of carbonyl (C=O) groups excluding carboxylic acids is 2. The van der Waals surface area contributed by atoms with E-state index in [1.54, 1.807) is 13.8 Å². The third kappa shape index (κ3) is 4.05. The summed E-state index contributed by atoms with van der Waals surface area (Å²) in [5.41, 5.74) is 3.58. The number of Topliss-reactive ketones (excluding diaryl/α,β-unsaturated/α-hetero) is 1. The first kappa shape index (κ1) is 18.4. The number of hydrogen-bond acceptors (Lipinski definition) is 4. The molecule has 0 spiro atoms. The normalized spacial score (nSPS) is 13.8. The van der Waals surface area contributed by atoms with Crippen LogP contribution in [-0.4, -0.2) is 40.8 Å². The lowest BCUT2D eigenvalue weighted by Crippen LogP contribution is -2.32. The summed E-state index contributed by atoms with van der Waals surface area (Å²) in [6, 6.07) is 10.7. The van der Waals surface area contributed by atoms with Crippen molar-refractivity contribution in [2.75, 3.05) is 13.2 Å². The lowest BCUT2D eigenvalue weighted by Gasteiger charge is -2.21. The number of ketones is 1. The molecule has 0 amide bonds. The third-order valence-electron chi connectivity index (χ3n) is 4.83. The average molecular weight is 354 g/mol. The smallest absolute Gasteiger partial charge is 0.340 e. The molecule has 138 valence electrons. The number of aryl methyl sites for hydroxylation is 1. The van der Waals surface area contributed by atoms with Gasteiger partial charge in [0.15, 0.2) is 5.78 Å². The van der Waals surface area contributed by atoms with Gasteiger partial charge in [0.1, 0.15) is 0 Å². The lowest BCUT2D eigenvalue weighted by atomic mass is 10.1. The second kappa shape index (κ2) is 7.87. The highest BCUT2D eigenvalue weighted by molar-refractivity contribution is 6.02. The summed E-state index contributed by atoms with van der Waals surface area (Å²) in [7, 11) is 0. The van der Waals surface area contributed by atoms with E-state index in [9.17, 15) is 9.59 Å². The number of nitrogens with zero attached hydrogens (tertiary/aromatic N) is 1. The molecule has 1 N–H and O–H groups in total. The van der Waals surface area contributed by atoms with E-state index in [2.05, 4.69) is 22.0 Å². The molecule has 1 aliphatic carbocycles. The monoisotopic (exact) mass is 354 g/mol. The van der Waals surface area contributed by atoms with Gasteiger partial charge in [0.05, 0.1) is 24.4 Å². The number of H-pyrrole nitrogens is 1. The van der Waals surface area contributed by atoms with Crippen LogP contribution in [-0.2, 0) is 11.3 Å². The van der Waals surface area contributed by atoms with Crippen LogP contribution in [0.5, 0.6) is 0 Å². The molecule has 1 aromatic carbocycles. The van der Waals surface area contributed by atoms with Gasteiger partial charge in [-0.05, 0) is 44.7 Å². The summed E-state index contributed by atoms with van der Waals surface area (Å²) in [5, 5.41) is 0. The number of hydrogen-bond donors (Lipinski definition) is 1. The summed E-state index contributed by atoms with van der Waals surface area (Å²) in [6.07, 6.45) is 2.27. The highest BCUT2D eigenvalue weighted by Gasteiger charge is 2.32. The van der Waals surface area contributed by atoms with Crippen molar-refractivity contribution in [2.24, 2.45) is 0 Å². The van der Waals surface area contributed by atoms with Gasteiger partial charge in [0.25, 0.3) is 0 Å². The SMILES string of the molecule is CCOC(=O)c1c(C)[nH]c(C(=O)CN(Cc2ccccc2)C2CC2)c1C. The Balaban J connectivity index is 1.76. The van der Waals surface area contributed by atoms with E-state index in [4.69, 9.17) is 4.74 Å². The summed E-state index contributed by atoms with van der Waals surface area (Å²) in [5.74, 6) is -0.356.